The van der Waals surface area contributed by atoms with E-state index in [1.54, 1.807) is 6.07 Å². The predicted molar refractivity (Wildman–Crippen MR) is 73.6 cm³/mol. The van der Waals surface area contributed by atoms with Gasteiger partial charge in [0.2, 0.25) is 0 Å². The average Bonchev–Trinajstić information content (AvgIpc) is 2.91. The molecule has 102 valence electrons. The molecule has 1 aromatic carbocycles. The minimum Gasteiger partial charge on any atom is -0.330 e. The highest BCUT2D eigenvalue weighted by atomic mass is 32.2. The smallest absolute Gasteiger partial charge is 0.179 e. The van der Waals surface area contributed by atoms with Crippen LogP contribution in [0.4, 0.5) is 0 Å². The van der Waals surface area contributed by atoms with Gasteiger partial charge < -0.3 is 5.73 Å². The maximum atomic E-state index is 12.3. The standard InChI is InChI=1S/C15H19NO2S/c16-9-15(6-10-5-11(10)7-15)13-8-19(17,18)14-4-2-1-3-12(13)14/h1-4,10-11,13H,5-9,16H2. The molecule has 2 fully saturated rings. The Kier molecular flexibility index (Phi) is 2.26. The normalized spacial score (nSPS) is 41.8. The van der Waals surface area contributed by atoms with Gasteiger partial charge >= 0.3 is 0 Å². The highest BCUT2D eigenvalue weighted by Crippen LogP contribution is 2.65. The maximum Gasteiger partial charge on any atom is 0.179 e. The fraction of sp³-hybridized carbons (Fsp3) is 0.600. The summed E-state index contributed by atoms with van der Waals surface area (Å²) in [6.45, 7) is 0.620. The van der Waals surface area contributed by atoms with Crippen molar-refractivity contribution in [3.63, 3.8) is 0 Å². The van der Waals surface area contributed by atoms with E-state index in [9.17, 15) is 8.42 Å². The van der Waals surface area contributed by atoms with E-state index >= 15 is 0 Å². The maximum absolute atomic E-state index is 12.3. The van der Waals surface area contributed by atoms with Crippen molar-refractivity contribution in [1.29, 1.82) is 0 Å². The highest BCUT2D eigenvalue weighted by Gasteiger charge is 2.58. The van der Waals surface area contributed by atoms with Crippen molar-refractivity contribution >= 4 is 9.84 Å². The molecule has 3 unspecified atom stereocenters. The van der Waals surface area contributed by atoms with Crippen molar-refractivity contribution in [2.24, 2.45) is 23.0 Å². The number of hydrogen-bond donors (Lipinski definition) is 1. The van der Waals surface area contributed by atoms with Crippen LogP contribution in [0.15, 0.2) is 29.2 Å². The van der Waals surface area contributed by atoms with E-state index in [0.29, 0.717) is 11.4 Å². The first kappa shape index (κ1) is 11.9. The lowest BCUT2D eigenvalue weighted by Crippen LogP contribution is -2.36. The fourth-order valence-corrected chi connectivity index (χ4v) is 6.50. The van der Waals surface area contributed by atoms with Gasteiger partial charge in [0.15, 0.2) is 9.84 Å². The van der Waals surface area contributed by atoms with Crippen LogP contribution in [0.3, 0.4) is 0 Å². The number of hydrogen-bond acceptors (Lipinski definition) is 3. The molecular weight excluding hydrogens is 258 g/mol. The number of benzene rings is 1. The second kappa shape index (κ2) is 3.61. The highest BCUT2D eigenvalue weighted by molar-refractivity contribution is 7.91. The molecule has 0 spiro atoms. The molecule has 4 rings (SSSR count). The first-order chi connectivity index (χ1) is 9.06. The van der Waals surface area contributed by atoms with E-state index in [1.165, 1.54) is 6.42 Å². The molecular formula is C15H19NO2S. The first-order valence-corrected chi connectivity index (χ1v) is 8.73. The summed E-state index contributed by atoms with van der Waals surface area (Å²) in [7, 11) is -3.10. The molecule has 1 aromatic rings. The third-order valence-corrected chi connectivity index (χ3v) is 7.38. The van der Waals surface area contributed by atoms with Gasteiger partial charge in [-0.3, -0.25) is 0 Å². The summed E-state index contributed by atoms with van der Waals surface area (Å²) in [5, 5.41) is 0. The van der Waals surface area contributed by atoms with Crippen molar-refractivity contribution in [2.45, 2.75) is 30.1 Å². The molecule has 4 heteroatoms. The molecule has 3 atom stereocenters. The molecule has 2 N–H and O–H groups in total. The van der Waals surface area contributed by atoms with Gasteiger partial charge in [0.1, 0.15) is 0 Å². The van der Waals surface area contributed by atoms with E-state index in [4.69, 9.17) is 5.73 Å². The summed E-state index contributed by atoms with van der Waals surface area (Å²) in [5.41, 5.74) is 7.14. The van der Waals surface area contributed by atoms with Gasteiger partial charge in [-0.2, -0.15) is 0 Å². The van der Waals surface area contributed by atoms with Gasteiger partial charge in [-0.1, -0.05) is 18.2 Å². The zero-order valence-electron chi connectivity index (χ0n) is 10.9. The van der Waals surface area contributed by atoms with Gasteiger partial charge in [-0.25, -0.2) is 8.42 Å². The van der Waals surface area contributed by atoms with Crippen LogP contribution in [0, 0.1) is 17.3 Å². The Morgan fingerprint density at radius 2 is 1.89 bits per heavy atom. The molecule has 1 aliphatic heterocycles. The van der Waals surface area contributed by atoms with Crippen molar-refractivity contribution in [3.8, 4) is 0 Å². The summed E-state index contributed by atoms with van der Waals surface area (Å²) in [6, 6.07) is 7.52. The van der Waals surface area contributed by atoms with Crippen molar-refractivity contribution in [3.05, 3.63) is 29.8 Å². The third kappa shape index (κ3) is 1.56. The average molecular weight is 277 g/mol. The molecule has 0 radical (unpaired) electrons. The zero-order chi connectivity index (χ0) is 13.3. The zero-order valence-corrected chi connectivity index (χ0v) is 11.7. The molecule has 3 nitrogen and oxygen atoms in total. The van der Waals surface area contributed by atoms with E-state index in [-0.39, 0.29) is 17.1 Å². The Morgan fingerprint density at radius 3 is 2.58 bits per heavy atom. The monoisotopic (exact) mass is 277 g/mol. The van der Waals surface area contributed by atoms with Crippen LogP contribution < -0.4 is 5.73 Å². The topological polar surface area (TPSA) is 60.2 Å². The molecule has 3 aliphatic rings. The Labute approximate surface area is 114 Å². The lowest BCUT2D eigenvalue weighted by molar-refractivity contribution is 0.228. The van der Waals surface area contributed by atoms with Gasteiger partial charge in [-0.15, -0.1) is 0 Å². The second-order valence-corrected chi connectivity index (χ2v) is 8.61. The second-order valence-electron chi connectivity index (χ2n) is 6.60. The minimum atomic E-state index is -3.10. The summed E-state index contributed by atoms with van der Waals surface area (Å²) in [6.07, 6.45) is 3.59. The Morgan fingerprint density at radius 1 is 1.21 bits per heavy atom. The Bertz CT molecular complexity index is 627. The summed E-state index contributed by atoms with van der Waals surface area (Å²) in [4.78, 5) is 0.549. The number of fused-ring (bicyclic) bond motifs is 2. The molecule has 0 aromatic heterocycles. The minimum absolute atomic E-state index is 0.0350. The Balaban J connectivity index is 1.81. The largest absolute Gasteiger partial charge is 0.330 e. The number of nitrogens with two attached hydrogens (primary N) is 1. The molecule has 1 heterocycles. The van der Waals surface area contributed by atoms with Crippen LogP contribution in [0.5, 0.6) is 0 Å². The van der Waals surface area contributed by atoms with Crippen LogP contribution in [-0.2, 0) is 9.84 Å². The lowest BCUT2D eigenvalue weighted by Gasteiger charge is -2.35. The van der Waals surface area contributed by atoms with Crippen LogP contribution in [0.25, 0.3) is 0 Å². The molecule has 0 saturated heterocycles. The summed E-state index contributed by atoms with van der Waals surface area (Å²) < 4.78 is 24.7. The van der Waals surface area contributed by atoms with Crippen molar-refractivity contribution < 1.29 is 8.42 Å². The quantitative estimate of drug-likeness (QED) is 0.898. The van der Waals surface area contributed by atoms with Crippen LogP contribution >= 0.6 is 0 Å². The van der Waals surface area contributed by atoms with E-state index in [0.717, 1.165) is 30.2 Å². The third-order valence-electron chi connectivity index (χ3n) is 5.57. The summed E-state index contributed by atoms with van der Waals surface area (Å²) in [5.74, 6) is 2.02. The van der Waals surface area contributed by atoms with Gasteiger partial charge in [0.05, 0.1) is 10.6 Å². The van der Waals surface area contributed by atoms with Crippen LogP contribution in [0.2, 0.25) is 0 Å². The van der Waals surface area contributed by atoms with Crippen molar-refractivity contribution in [2.75, 3.05) is 12.3 Å². The summed E-state index contributed by atoms with van der Waals surface area (Å²) >= 11 is 0. The molecule has 0 bridgehead atoms. The van der Waals surface area contributed by atoms with Crippen molar-refractivity contribution in [1.82, 2.24) is 0 Å². The van der Waals surface area contributed by atoms with Gasteiger partial charge in [0, 0.05) is 5.92 Å². The lowest BCUT2D eigenvalue weighted by atomic mass is 9.70. The predicted octanol–water partition coefficient (Wildman–Crippen LogP) is 1.93. The molecule has 2 saturated carbocycles. The molecule has 0 amide bonds. The number of rotatable bonds is 2. The molecule has 19 heavy (non-hydrogen) atoms. The van der Waals surface area contributed by atoms with Gasteiger partial charge in [0.25, 0.3) is 0 Å². The fourth-order valence-electron chi connectivity index (χ4n) is 4.49. The van der Waals surface area contributed by atoms with E-state index in [1.807, 2.05) is 18.2 Å². The number of sulfone groups is 1. The van der Waals surface area contributed by atoms with Crippen LogP contribution in [0.1, 0.15) is 30.7 Å². The van der Waals surface area contributed by atoms with Gasteiger partial charge in [-0.05, 0) is 54.7 Å². The first-order valence-electron chi connectivity index (χ1n) is 7.07. The Hall–Kier alpha value is -0.870. The van der Waals surface area contributed by atoms with Crippen LogP contribution in [-0.4, -0.2) is 20.7 Å². The SMILES string of the molecule is NCC1(C2CS(=O)(=O)c3ccccc32)CC2CC2C1. The van der Waals surface area contributed by atoms with E-state index in [2.05, 4.69) is 0 Å². The molecule has 2 aliphatic carbocycles. The van der Waals surface area contributed by atoms with E-state index < -0.39 is 9.84 Å².